The number of hydrogen-bond donors (Lipinski definition) is 1. The first-order valence-corrected chi connectivity index (χ1v) is 9.69. The van der Waals surface area contributed by atoms with Crippen LogP contribution in [0.5, 0.6) is 0 Å². The zero-order valence-corrected chi connectivity index (χ0v) is 16.7. The van der Waals surface area contributed by atoms with Gasteiger partial charge in [-0.1, -0.05) is 35.9 Å². The monoisotopic (exact) mass is 405 g/mol. The Kier molecular flexibility index (Phi) is 6.59. The summed E-state index contributed by atoms with van der Waals surface area (Å²) in [5.41, 5.74) is 2.78. The number of halogens is 3. The quantitative estimate of drug-likeness (QED) is 0.814. The average Bonchev–Trinajstić information content (AvgIpc) is 2.66. The fourth-order valence-electron chi connectivity index (χ4n) is 3.55. The van der Waals surface area contributed by atoms with Crippen molar-refractivity contribution in [2.75, 3.05) is 38.0 Å². The molecule has 0 bridgehead atoms. The molecular weight excluding hydrogens is 379 g/mol. The maximum atomic E-state index is 13.1. The molecule has 1 saturated heterocycles. The molecule has 0 atom stereocenters. The van der Waals surface area contributed by atoms with Gasteiger partial charge >= 0.3 is 6.18 Å². The first kappa shape index (κ1) is 21.3. The highest BCUT2D eigenvalue weighted by Crippen LogP contribution is 2.34. The van der Waals surface area contributed by atoms with Gasteiger partial charge in [0.1, 0.15) is 0 Å². The van der Waals surface area contributed by atoms with Crippen LogP contribution in [0.2, 0.25) is 0 Å². The Morgan fingerprint density at radius 1 is 1.00 bits per heavy atom. The molecule has 1 aliphatic heterocycles. The van der Waals surface area contributed by atoms with E-state index >= 15 is 0 Å². The number of alkyl halides is 3. The lowest BCUT2D eigenvalue weighted by atomic mass is 10.0. The molecule has 156 valence electrons. The summed E-state index contributed by atoms with van der Waals surface area (Å²) in [5.74, 6) is -0.426. The highest BCUT2D eigenvalue weighted by molar-refractivity contribution is 5.93. The standard InChI is InChI=1S/C22H26F3N3O/c1-16-7-8-17(2)18(13-16)14-27-9-11-28(12-10-27)15-21(29)26-20-6-4-3-5-19(20)22(23,24)25/h3-8,13H,9-12,14-15H2,1-2H3,(H,26,29). The van der Waals surface area contributed by atoms with Gasteiger partial charge < -0.3 is 5.32 Å². The Morgan fingerprint density at radius 2 is 1.66 bits per heavy atom. The fraction of sp³-hybridized carbons (Fsp3) is 0.409. The van der Waals surface area contributed by atoms with Crippen molar-refractivity contribution in [1.82, 2.24) is 9.80 Å². The second kappa shape index (κ2) is 8.97. The lowest BCUT2D eigenvalue weighted by molar-refractivity contribution is -0.137. The molecule has 0 saturated carbocycles. The Morgan fingerprint density at radius 3 is 2.34 bits per heavy atom. The molecule has 1 fully saturated rings. The second-order valence-electron chi connectivity index (χ2n) is 7.57. The topological polar surface area (TPSA) is 35.6 Å². The van der Waals surface area contributed by atoms with E-state index in [0.29, 0.717) is 13.1 Å². The number of nitrogens with one attached hydrogen (secondary N) is 1. The molecule has 2 aromatic rings. The van der Waals surface area contributed by atoms with Gasteiger partial charge in [-0.15, -0.1) is 0 Å². The summed E-state index contributed by atoms with van der Waals surface area (Å²) in [5, 5.41) is 2.41. The number of para-hydroxylation sites is 1. The third-order valence-electron chi connectivity index (χ3n) is 5.24. The molecule has 2 aromatic carbocycles. The molecule has 4 nitrogen and oxygen atoms in total. The summed E-state index contributed by atoms with van der Waals surface area (Å²) >= 11 is 0. The van der Waals surface area contributed by atoms with Crippen LogP contribution < -0.4 is 5.32 Å². The van der Waals surface area contributed by atoms with E-state index in [0.717, 1.165) is 25.7 Å². The molecule has 1 heterocycles. The van der Waals surface area contributed by atoms with E-state index in [9.17, 15) is 18.0 Å². The molecule has 0 aliphatic carbocycles. The van der Waals surface area contributed by atoms with E-state index in [-0.39, 0.29) is 12.2 Å². The minimum absolute atomic E-state index is 0.0868. The number of rotatable bonds is 5. The Labute approximate surface area is 169 Å². The fourth-order valence-corrected chi connectivity index (χ4v) is 3.55. The summed E-state index contributed by atoms with van der Waals surface area (Å²) < 4.78 is 39.2. The van der Waals surface area contributed by atoms with E-state index < -0.39 is 17.6 Å². The van der Waals surface area contributed by atoms with Crippen molar-refractivity contribution < 1.29 is 18.0 Å². The molecule has 0 aromatic heterocycles. The second-order valence-corrected chi connectivity index (χ2v) is 7.57. The van der Waals surface area contributed by atoms with Gasteiger partial charge in [-0.25, -0.2) is 0 Å². The van der Waals surface area contributed by atoms with E-state index in [1.54, 1.807) is 0 Å². The van der Waals surface area contributed by atoms with Gasteiger partial charge in [0, 0.05) is 32.7 Å². The summed E-state index contributed by atoms with van der Waals surface area (Å²) in [6, 6.07) is 11.5. The summed E-state index contributed by atoms with van der Waals surface area (Å²) in [7, 11) is 0. The third-order valence-corrected chi connectivity index (χ3v) is 5.24. The Hall–Kier alpha value is -2.38. The number of carbonyl (C=O) groups excluding carboxylic acids is 1. The maximum Gasteiger partial charge on any atom is 0.418 e. The molecule has 1 amide bonds. The number of benzene rings is 2. The van der Waals surface area contributed by atoms with Gasteiger partial charge in [0.2, 0.25) is 5.91 Å². The highest BCUT2D eigenvalue weighted by Gasteiger charge is 2.33. The smallest absolute Gasteiger partial charge is 0.324 e. The van der Waals surface area contributed by atoms with E-state index in [4.69, 9.17) is 0 Å². The molecule has 0 spiro atoms. The highest BCUT2D eigenvalue weighted by atomic mass is 19.4. The summed E-state index contributed by atoms with van der Waals surface area (Å²) in [6.45, 7) is 8.19. The first-order chi connectivity index (χ1) is 13.7. The Balaban J connectivity index is 1.51. The molecular formula is C22H26F3N3O. The van der Waals surface area contributed by atoms with Crippen molar-refractivity contribution in [3.8, 4) is 0 Å². The lowest BCUT2D eigenvalue weighted by Gasteiger charge is -2.34. The van der Waals surface area contributed by atoms with Gasteiger partial charge in [-0.2, -0.15) is 13.2 Å². The van der Waals surface area contributed by atoms with Crippen LogP contribution >= 0.6 is 0 Å². The Bertz CT molecular complexity index is 859. The van der Waals surface area contributed by atoms with Crippen LogP contribution in [0, 0.1) is 13.8 Å². The molecule has 1 aliphatic rings. The van der Waals surface area contributed by atoms with Crippen LogP contribution in [-0.4, -0.2) is 48.4 Å². The molecule has 0 unspecified atom stereocenters. The molecule has 0 radical (unpaired) electrons. The molecule has 7 heteroatoms. The van der Waals surface area contributed by atoms with Crippen LogP contribution in [-0.2, 0) is 17.5 Å². The van der Waals surface area contributed by atoms with Crippen molar-refractivity contribution in [2.45, 2.75) is 26.6 Å². The number of carbonyl (C=O) groups is 1. The van der Waals surface area contributed by atoms with Crippen LogP contribution in [0.3, 0.4) is 0 Å². The van der Waals surface area contributed by atoms with Gasteiger partial charge in [-0.3, -0.25) is 14.6 Å². The molecule has 3 rings (SSSR count). The van der Waals surface area contributed by atoms with Gasteiger partial charge in [0.25, 0.3) is 0 Å². The predicted octanol–water partition coefficient (Wildman–Crippen LogP) is 4.08. The maximum absolute atomic E-state index is 13.1. The average molecular weight is 405 g/mol. The number of piperazine rings is 1. The number of amides is 1. The van der Waals surface area contributed by atoms with Crippen LogP contribution in [0.4, 0.5) is 18.9 Å². The van der Waals surface area contributed by atoms with E-state index in [2.05, 4.69) is 42.3 Å². The minimum atomic E-state index is -4.50. The van der Waals surface area contributed by atoms with Gasteiger partial charge in [0.05, 0.1) is 17.8 Å². The van der Waals surface area contributed by atoms with Crippen LogP contribution in [0.1, 0.15) is 22.3 Å². The number of aryl methyl sites for hydroxylation is 2. The third kappa shape index (κ3) is 5.81. The van der Waals surface area contributed by atoms with Crippen molar-refractivity contribution >= 4 is 11.6 Å². The van der Waals surface area contributed by atoms with Crippen LogP contribution in [0.25, 0.3) is 0 Å². The van der Waals surface area contributed by atoms with Crippen molar-refractivity contribution in [3.05, 3.63) is 64.7 Å². The summed E-state index contributed by atoms with van der Waals surface area (Å²) in [6.07, 6.45) is -4.50. The number of nitrogens with zero attached hydrogens (tertiary/aromatic N) is 2. The molecule has 1 N–H and O–H groups in total. The van der Waals surface area contributed by atoms with E-state index in [1.165, 1.54) is 34.9 Å². The lowest BCUT2D eigenvalue weighted by Crippen LogP contribution is -2.48. The molecule has 29 heavy (non-hydrogen) atoms. The number of anilines is 1. The zero-order chi connectivity index (χ0) is 21.0. The van der Waals surface area contributed by atoms with Gasteiger partial charge in [-0.05, 0) is 37.1 Å². The largest absolute Gasteiger partial charge is 0.418 e. The number of hydrogen-bond acceptors (Lipinski definition) is 3. The van der Waals surface area contributed by atoms with Crippen molar-refractivity contribution in [1.29, 1.82) is 0 Å². The zero-order valence-electron chi connectivity index (χ0n) is 16.7. The van der Waals surface area contributed by atoms with Crippen molar-refractivity contribution in [3.63, 3.8) is 0 Å². The predicted molar refractivity (Wildman–Crippen MR) is 108 cm³/mol. The first-order valence-electron chi connectivity index (χ1n) is 9.69. The summed E-state index contributed by atoms with van der Waals surface area (Å²) in [4.78, 5) is 16.6. The van der Waals surface area contributed by atoms with E-state index in [1.807, 2.05) is 4.90 Å². The minimum Gasteiger partial charge on any atom is -0.324 e. The normalized spacial score (nSPS) is 16.0. The van der Waals surface area contributed by atoms with Crippen molar-refractivity contribution in [2.24, 2.45) is 0 Å². The van der Waals surface area contributed by atoms with Gasteiger partial charge in [0.15, 0.2) is 0 Å². The van der Waals surface area contributed by atoms with Crippen LogP contribution in [0.15, 0.2) is 42.5 Å². The SMILES string of the molecule is Cc1ccc(C)c(CN2CCN(CC(=O)Nc3ccccc3C(F)(F)F)CC2)c1.